The first-order valence-electron chi connectivity index (χ1n) is 15.7. The van der Waals surface area contributed by atoms with Gasteiger partial charge in [0.05, 0.1) is 25.7 Å². The molecule has 10 nitrogen and oxygen atoms in total. The van der Waals surface area contributed by atoms with Gasteiger partial charge in [0.2, 0.25) is 11.8 Å². The second-order valence-electron chi connectivity index (χ2n) is 12.0. The van der Waals surface area contributed by atoms with Crippen molar-refractivity contribution in [1.29, 1.82) is 0 Å². The number of carbonyl (C=O) groups excluding carboxylic acids is 3. The first kappa shape index (κ1) is 30.2. The highest BCUT2D eigenvalue weighted by molar-refractivity contribution is 5.99. The van der Waals surface area contributed by atoms with Gasteiger partial charge >= 0.3 is 5.97 Å². The number of carbonyl (C=O) groups is 3. The molecule has 5 aliphatic rings. The van der Waals surface area contributed by atoms with Gasteiger partial charge in [-0.3, -0.25) is 19.3 Å². The number of allylic oxidation sites excluding steroid dienone is 1. The molecule has 0 aliphatic carbocycles. The summed E-state index contributed by atoms with van der Waals surface area (Å²) in [6.45, 7) is 7.61. The predicted octanol–water partition coefficient (Wildman–Crippen LogP) is 1.91. The first-order valence-corrected chi connectivity index (χ1v) is 15.7. The molecule has 0 aromatic heterocycles. The van der Waals surface area contributed by atoms with Crippen LogP contribution in [0.25, 0.3) is 0 Å². The summed E-state index contributed by atoms with van der Waals surface area (Å²) in [5, 5.41) is 9.19. The van der Waals surface area contributed by atoms with Crippen molar-refractivity contribution in [2.24, 2.45) is 11.8 Å². The van der Waals surface area contributed by atoms with Crippen molar-refractivity contribution in [2.45, 2.75) is 75.5 Å². The molecule has 1 spiro atoms. The Balaban J connectivity index is 1.48. The molecule has 3 fully saturated rings. The van der Waals surface area contributed by atoms with Crippen LogP contribution < -0.4 is 0 Å². The number of rotatable bonds is 10. The predicted molar refractivity (Wildman–Crippen MR) is 152 cm³/mol. The molecule has 3 saturated heterocycles. The molecular formula is C31H47N3O7. The SMILES string of the molecule is CC[C@]12/C=C\CCCCOC(=O)[C@H]1[C@H]1C(=O)N(CCCCCCO)C3C(=O)N(CCN4CCOCC4)CC=C[C@@]31O2. The Bertz CT molecular complexity index is 1010. The summed E-state index contributed by atoms with van der Waals surface area (Å²) in [5.41, 5.74) is -2.27. The van der Waals surface area contributed by atoms with E-state index in [1.807, 2.05) is 30.1 Å². The quantitative estimate of drug-likeness (QED) is 0.240. The Morgan fingerprint density at radius 2 is 1.71 bits per heavy atom. The van der Waals surface area contributed by atoms with E-state index >= 15 is 0 Å². The van der Waals surface area contributed by atoms with Crippen molar-refractivity contribution in [3.63, 3.8) is 0 Å². The van der Waals surface area contributed by atoms with Crippen LogP contribution in [0.15, 0.2) is 24.3 Å². The zero-order valence-corrected chi connectivity index (χ0v) is 24.5. The van der Waals surface area contributed by atoms with Crippen LogP contribution in [0.3, 0.4) is 0 Å². The third-order valence-electron chi connectivity index (χ3n) is 9.56. The molecule has 0 aromatic rings. The van der Waals surface area contributed by atoms with Crippen LogP contribution in [-0.4, -0.2) is 121 Å². The monoisotopic (exact) mass is 573 g/mol. The second kappa shape index (κ2) is 13.4. The molecule has 5 aliphatic heterocycles. The van der Waals surface area contributed by atoms with Gasteiger partial charge in [-0.25, -0.2) is 0 Å². The molecule has 1 N–H and O–H groups in total. The minimum atomic E-state index is -1.24. The molecule has 5 atom stereocenters. The summed E-state index contributed by atoms with van der Waals surface area (Å²) in [5.74, 6) is -2.39. The number of cyclic esters (lactones) is 1. The Morgan fingerprint density at radius 3 is 2.49 bits per heavy atom. The molecule has 5 heterocycles. The van der Waals surface area contributed by atoms with E-state index in [9.17, 15) is 19.5 Å². The number of ether oxygens (including phenoxy) is 3. The van der Waals surface area contributed by atoms with Crippen LogP contribution in [-0.2, 0) is 28.6 Å². The minimum Gasteiger partial charge on any atom is -0.465 e. The number of aliphatic hydroxyl groups is 1. The molecule has 41 heavy (non-hydrogen) atoms. The maximum absolute atomic E-state index is 14.5. The number of amides is 2. The number of aliphatic hydroxyl groups excluding tert-OH is 1. The Morgan fingerprint density at radius 1 is 0.902 bits per heavy atom. The Hall–Kier alpha value is -2.27. The number of fused-ring (bicyclic) bond motifs is 2. The van der Waals surface area contributed by atoms with Gasteiger partial charge in [0.15, 0.2) is 0 Å². The summed E-state index contributed by atoms with van der Waals surface area (Å²) in [4.78, 5) is 48.4. The molecule has 5 rings (SSSR count). The van der Waals surface area contributed by atoms with Crippen molar-refractivity contribution in [3.05, 3.63) is 24.3 Å². The van der Waals surface area contributed by atoms with E-state index in [4.69, 9.17) is 14.2 Å². The largest absolute Gasteiger partial charge is 0.465 e. The van der Waals surface area contributed by atoms with Gasteiger partial charge in [-0.15, -0.1) is 0 Å². The fraction of sp³-hybridized carbons (Fsp3) is 0.774. The number of unbranched alkanes of at least 4 members (excludes halogenated alkanes) is 3. The Kier molecular flexibility index (Phi) is 9.84. The lowest BCUT2D eigenvalue weighted by atomic mass is 9.73. The van der Waals surface area contributed by atoms with Crippen LogP contribution in [0.4, 0.5) is 0 Å². The zero-order chi connectivity index (χ0) is 28.9. The van der Waals surface area contributed by atoms with Crippen LogP contribution in [0.2, 0.25) is 0 Å². The van der Waals surface area contributed by atoms with Gasteiger partial charge in [0.25, 0.3) is 0 Å². The van der Waals surface area contributed by atoms with E-state index in [0.29, 0.717) is 58.7 Å². The first-order chi connectivity index (χ1) is 20.0. The third-order valence-corrected chi connectivity index (χ3v) is 9.56. The van der Waals surface area contributed by atoms with Crippen LogP contribution in [0.5, 0.6) is 0 Å². The van der Waals surface area contributed by atoms with Crippen molar-refractivity contribution in [2.75, 3.05) is 65.7 Å². The summed E-state index contributed by atoms with van der Waals surface area (Å²) >= 11 is 0. The number of esters is 1. The van der Waals surface area contributed by atoms with Gasteiger partial charge < -0.3 is 29.1 Å². The molecule has 0 saturated carbocycles. The maximum Gasteiger partial charge on any atom is 0.313 e. The molecule has 228 valence electrons. The van der Waals surface area contributed by atoms with Crippen LogP contribution in [0.1, 0.15) is 58.3 Å². The molecule has 1 unspecified atom stereocenters. The van der Waals surface area contributed by atoms with Crippen molar-refractivity contribution in [3.8, 4) is 0 Å². The van der Waals surface area contributed by atoms with E-state index in [-0.39, 0.29) is 18.4 Å². The maximum atomic E-state index is 14.5. The van der Waals surface area contributed by atoms with Crippen molar-refractivity contribution >= 4 is 17.8 Å². The lowest BCUT2D eigenvalue weighted by molar-refractivity contribution is -0.161. The minimum absolute atomic E-state index is 0.123. The molecule has 0 bridgehead atoms. The van der Waals surface area contributed by atoms with E-state index in [1.165, 1.54) is 0 Å². The van der Waals surface area contributed by atoms with Crippen LogP contribution in [0, 0.1) is 11.8 Å². The summed E-state index contributed by atoms with van der Waals surface area (Å²) < 4.78 is 18.3. The average Bonchev–Trinajstić information content (AvgIpc) is 3.34. The highest BCUT2D eigenvalue weighted by atomic mass is 16.6. The van der Waals surface area contributed by atoms with E-state index < -0.39 is 35.0 Å². The lowest BCUT2D eigenvalue weighted by Gasteiger charge is -2.39. The number of hydrogen-bond acceptors (Lipinski definition) is 8. The number of hydrogen-bond donors (Lipinski definition) is 1. The number of likely N-dealkylation sites (tertiary alicyclic amines) is 1. The van der Waals surface area contributed by atoms with Crippen LogP contribution >= 0.6 is 0 Å². The highest BCUT2D eigenvalue weighted by Crippen LogP contribution is 2.58. The average molecular weight is 574 g/mol. The molecule has 2 amide bonds. The van der Waals surface area contributed by atoms with Gasteiger partial charge in [0, 0.05) is 45.9 Å². The zero-order valence-electron chi connectivity index (χ0n) is 24.5. The fourth-order valence-electron chi connectivity index (χ4n) is 7.36. The van der Waals surface area contributed by atoms with Gasteiger partial charge in [-0.2, -0.15) is 0 Å². The fourth-order valence-corrected chi connectivity index (χ4v) is 7.36. The molecular weight excluding hydrogens is 526 g/mol. The summed E-state index contributed by atoms with van der Waals surface area (Å²) in [7, 11) is 0. The topological polar surface area (TPSA) is 109 Å². The van der Waals surface area contributed by atoms with E-state index in [2.05, 4.69) is 11.0 Å². The van der Waals surface area contributed by atoms with Gasteiger partial charge in [-0.1, -0.05) is 44.1 Å². The summed E-state index contributed by atoms with van der Waals surface area (Å²) in [6, 6.07) is -0.844. The van der Waals surface area contributed by atoms with Crippen molar-refractivity contribution in [1.82, 2.24) is 14.7 Å². The Labute approximate surface area is 243 Å². The smallest absolute Gasteiger partial charge is 0.313 e. The van der Waals surface area contributed by atoms with Crippen molar-refractivity contribution < 1.29 is 33.7 Å². The van der Waals surface area contributed by atoms with E-state index in [1.54, 1.807) is 4.90 Å². The normalized spacial score (nSPS) is 35.1. The molecule has 10 heteroatoms. The highest BCUT2D eigenvalue weighted by Gasteiger charge is 2.75. The van der Waals surface area contributed by atoms with Gasteiger partial charge in [0.1, 0.15) is 23.2 Å². The van der Waals surface area contributed by atoms with Gasteiger partial charge in [-0.05, 0) is 38.5 Å². The molecule has 0 aromatic carbocycles. The standard InChI is InChI=1S/C31H47N3O7/c1-2-30-12-7-3-6-10-21-40-29(38)25(30)24-27(36)34(15-8-4-5-9-20-35)26-28(37)33(14-11-13-31(24,26)41-30)17-16-32-18-22-39-23-19-32/h7,11-13,24-26,35H,2-6,8-10,14-23H2,1H3/b12-7-/t24-,25+,26?,30-,31-/m0/s1. The summed E-state index contributed by atoms with van der Waals surface area (Å²) in [6.07, 6.45) is 14.0. The number of morpholine rings is 1. The van der Waals surface area contributed by atoms with E-state index in [0.717, 1.165) is 51.7 Å². The lowest BCUT2D eigenvalue weighted by Crippen LogP contribution is -2.57. The second-order valence-corrected chi connectivity index (χ2v) is 12.0. The third kappa shape index (κ3) is 5.85. The number of nitrogens with zero attached hydrogens (tertiary/aromatic N) is 3. The molecule has 0 radical (unpaired) electrons.